The monoisotopic (exact) mass is 403 g/mol. The molecule has 3 rings (SSSR count). The first-order valence-corrected chi connectivity index (χ1v) is 9.24. The van der Waals surface area contributed by atoms with Crippen LogP contribution < -0.4 is 9.47 Å². The minimum absolute atomic E-state index is 0.0469. The Morgan fingerprint density at radius 1 is 1.11 bits per heavy atom. The number of amides is 1. The average molecular weight is 404 g/mol. The Morgan fingerprint density at radius 3 is 2.46 bits per heavy atom. The molecule has 0 radical (unpaired) electrons. The summed E-state index contributed by atoms with van der Waals surface area (Å²) in [6, 6.07) is 10.1. The largest absolute Gasteiger partial charge is 0.493 e. The smallest absolute Gasteiger partial charge is 0.307 e. The van der Waals surface area contributed by atoms with Crippen LogP contribution in [0.1, 0.15) is 33.9 Å². The first-order valence-electron chi connectivity index (χ1n) is 8.86. The molecule has 1 aliphatic rings. The zero-order valence-corrected chi connectivity index (χ0v) is 16.8. The lowest BCUT2D eigenvalue weighted by Gasteiger charge is -2.37. The molecule has 1 amide bonds. The van der Waals surface area contributed by atoms with E-state index >= 15 is 0 Å². The van der Waals surface area contributed by atoms with Gasteiger partial charge in [0.15, 0.2) is 11.5 Å². The predicted molar refractivity (Wildman–Crippen MR) is 105 cm³/mol. The van der Waals surface area contributed by atoms with Crippen LogP contribution in [0.15, 0.2) is 36.4 Å². The van der Waals surface area contributed by atoms with Crippen LogP contribution in [0, 0.1) is 0 Å². The summed E-state index contributed by atoms with van der Waals surface area (Å²) in [4.78, 5) is 27.0. The van der Waals surface area contributed by atoms with Crippen molar-refractivity contribution in [3.63, 3.8) is 0 Å². The normalized spacial score (nSPS) is 15.6. The van der Waals surface area contributed by atoms with Gasteiger partial charge in [-0.25, -0.2) is 0 Å². The van der Waals surface area contributed by atoms with Gasteiger partial charge in [0.1, 0.15) is 0 Å². The molecule has 28 heavy (non-hydrogen) atoms. The zero-order chi connectivity index (χ0) is 20.3. The van der Waals surface area contributed by atoms with Crippen molar-refractivity contribution < 1.29 is 23.8 Å². The summed E-state index contributed by atoms with van der Waals surface area (Å²) in [6.45, 7) is 0.468. The molecule has 0 bridgehead atoms. The molecule has 2 aromatic rings. The maximum Gasteiger partial charge on any atom is 0.307 e. The molecule has 1 aliphatic heterocycles. The van der Waals surface area contributed by atoms with Crippen LogP contribution in [-0.4, -0.2) is 44.7 Å². The van der Waals surface area contributed by atoms with Crippen molar-refractivity contribution in [1.29, 1.82) is 0 Å². The van der Waals surface area contributed by atoms with Crippen LogP contribution in [-0.2, 0) is 16.0 Å². The van der Waals surface area contributed by atoms with E-state index < -0.39 is 12.0 Å². The minimum atomic E-state index is -0.470. The quantitative estimate of drug-likeness (QED) is 0.713. The van der Waals surface area contributed by atoms with E-state index in [2.05, 4.69) is 0 Å². The second-order valence-corrected chi connectivity index (χ2v) is 6.90. The molecule has 0 aliphatic carbocycles. The molecule has 1 heterocycles. The molecule has 0 fully saturated rings. The Hall–Kier alpha value is -2.73. The topological polar surface area (TPSA) is 65.1 Å². The number of hydrogen-bond donors (Lipinski definition) is 0. The number of rotatable bonds is 5. The van der Waals surface area contributed by atoms with Gasteiger partial charge in [-0.15, -0.1) is 0 Å². The highest BCUT2D eigenvalue weighted by Crippen LogP contribution is 2.40. The zero-order valence-electron chi connectivity index (χ0n) is 16.0. The number of hydrogen-bond acceptors (Lipinski definition) is 5. The summed E-state index contributed by atoms with van der Waals surface area (Å²) in [5.41, 5.74) is 2.35. The van der Waals surface area contributed by atoms with E-state index in [0.717, 1.165) is 11.1 Å². The number of carbonyl (C=O) groups is 2. The number of nitrogens with zero attached hydrogens (tertiary/aromatic N) is 1. The van der Waals surface area contributed by atoms with Crippen molar-refractivity contribution in [1.82, 2.24) is 4.90 Å². The van der Waals surface area contributed by atoms with Crippen LogP contribution in [0.3, 0.4) is 0 Å². The highest BCUT2D eigenvalue weighted by Gasteiger charge is 2.34. The molecular formula is C21H22ClNO5. The predicted octanol–water partition coefficient (Wildman–Crippen LogP) is 3.66. The van der Waals surface area contributed by atoms with Crippen LogP contribution in [0.25, 0.3) is 0 Å². The Morgan fingerprint density at radius 2 is 1.82 bits per heavy atom. The molecule has 7 heteroatoms. The third-order valence-electron chi connectivity index (χ3n) is 4.92. The molecule has 0 N–H and O–H groups in total. The van der Waals surface area contributed by atoms with E-state index in [-0.39, 0.29) is 12.3 Å². The lowest BCUT2D eigenvalue weighted by Crippen LogP contribution is -2.41. The van der Waals surface area contributed by atoms with E-state index in [4.69, 9.17) is 25.8 Å². The summed E-state index contributed by atoms with van der Waals surface area (Å²) >= 11 is 6.05. The molecule has 1 atom stereocenters. The Labute approximate surface area is 168 Å². The molecule has 0 unspecified atom stereocenters. The summed E-state index contributed by atoms with van der Waals surface area (Å²) in [6.07, 6.45) is 0.685. The van der Waals surface area contributed by atoms with Gasteiger partial charge in [-0.3, -0.25) is 9.59 Å². The SMILES string of the molecule is COC(=O)C[C@H]1c2cc(OC)c(OC)cc2CCN1C(=O)c1cccc(Cl)c1. The fourth-order valence-corrected chi connectivity index (χ4v) is 3.71. The lowest BCUT2D eigenvalue weighted by atomic mass is 9.89. The second-order valence-electron chi connectivity index (χ2n) is 6.46. The molecule has 6 nitrogen and oxygen atoms in total. The van der Waals surface area contributed by atoms with Gasteiger partial charge in [0.2, 0.25) is 0 Å². The summed E-state index contributed by atoms with van der Waals surface area (Å²) in [5, 5.41) is 0.485. The molecule has 0 saturated carbocycles. The van der Waals surface area contributed by atoms with Crippen molar-refractivity contribution in [3.8, 4) is 11.5 Å². The van der Waals surface area contributed by atoms with E-state index in [1.54, 1.807) is 43.4 Å². The van der Waals surface area contributed by atoms with E-state index in [0.29, 0.717) is 35.1 Å². The Bertz CT molecular complexity index is 898. The first-order chi connectivity index (χ1) is 13.5. The highest BCUT2D eigenvalue weighted by molar-refractivity contribution is 6.30. The maximum atomic E-state index is 13.2. The van der Waals surface area contributed by atoms with Gasteiger partial charge >= 0.3 is 5.97 Å². The molecule has 0 saturated heterocycles. The van der Waals surface area contributed by atoms with Crippen molar-refractivity contribution in [2.24, 2.45) is 0 Å². The number of methoxy groups -OCH3 is 3. The van der Waals surface area contributed by atoms with Gasteiger partial charge in [-0.2, -0.15) is 0 Å². The molecule has 148 valence electrons. The Kier molecular flexibility index (Phi) is 6.09. The van der Waals surface area contributed by atoms with Gasteiger partial charge < -0.3 is 19.1 Å². The molecule has 0 aromatic heterocycles. The number of ether oxygens (including phenoxy) is 3. The van der Waals surface area contributed by atoms with E-state index in [1.165, 1.54) is 7.11 Å². The van der Waals surface area contributed by atoms with Crippen LogP contribution in [0.2, 0.25) is 5.02 Å². The fourth-order valence-electron chi connectivity index (χ4n) is 3.52. The molecular weight excluding hydrogens is 382 g/mol. The lowest BCUT2D eigenvalue weighted by molar-refractivity contribution is -0.141. The molecule has 0 spiro atoms. The minimum Gasteiger partial charge on any atom is -0.493 e. The van der Waals surface area contributed by atoms with Crippen molar-refractivity contribution in [3.05, 3.63) is 58.1 Å². The summed E-state index contributed by atoms with van der Waals surface area (Å²) < 4.78 is 15.7. The van der Waals surface area contributed by atoms with Crippen LogP contribution >= 0.6 is 11.6 Å². The van der Waals surface area contributed by atoms with Gasteiger partial charge in [-0.1, -0.05) is 17.7 Å². The van der Waals surface area contributed by atoms with Gasteiger partial charge in [0.25, 0.3) is 5.91 Å². The standard InChI is InChI=1S/C21H22ClNO5/c1-26-18-10-13-7-8-23(21(25)14-5-4-6-15(22)9-14)17(12-20(24)28-3)16(13)11-19(18)27-2/h4-6,9-11,17H,7-8,12H2,1-3H3/t17-/m0/s1. The summed E-state index contributed by atoms with van der Waals surface area (Å²) in [5.74, 6) is 0.592. The maximum absolute atomic E-state index is 13.2. The first kappa shape index (κ1) is 20.0. The van der Waals surface area contributed by atoms with Crippen molar-refractivity contribution in [2.45, 2.75) is 18.9 Å². The number of carbonyl (C=O) groups excluding carboxylic acids is 2. The van der Waals surface area contributed by atoms with Crippen LogP contribution in [0.4, 0.5) is 0 Å². The number of fused-ring (bicyclic) bond motifs is 1. The van der Waals surface area contributed by atoms with Gasteiger partial charge in [0.05, 0.1) is 33.8 Å². The van der Waals surface area contributed by atoms with Crippen molar-refractivity contribution >= 4 is 23.5 Å². The van der Waals surface area contributed by atoms with Crippen LogP contribution in [0.5, 0.6) is 11.5 Å². The Balaban J connectivity index is 2.04. The third kappa shape index (κ3) is 3.92. The van der Waals surface area contributed by atoms with Crippen molar-refractivity contribution in [2.75, 3.05) is 27.9 Å². The van der Waals surface area contributed by atoms with Gasteiger partial charge in [-0.05, 0) is 47.9 Å². The second kappa shape index (κ2) is 8.52. The van der Waals surface area contributed by atoms with E-state index in [9.17, 15) is 9.59 Å². The van der Waals surface area contributed by atoms with Gasteiger partial charge in [0, 0.05) is 17.1 Å². The number of halogens is 1. The summed E-state index contributed by atoms with van der Waals surface area (Å²) in [7, 11) is 4.47. The van der Waals surface area contributed by atoms with E-state index in [1.807, 2.05) is 12.1 Å². The number of esters is 1. The fraction of sp³-hybridized carbons (Fsp3) is 0.333. The number of benzene rings is 2. The molecule has 2 aromatic carbocycles. The third-order valence-corrected chi connectivity index (χ3v) is 5.16. The average Bonchev–Trinajstić information content (AvgIpc) is 2.72. The highest BCUT2D eigenvalue weighted by atomic mass is 35.5.